The van der Waals surface area contributed by atoms with Crippen molar-refractivity contribution in [2.75, 3.05) is 22.4 Å². The van der Waals surface area contributed by atoms with Gasteiger partial charge in [-0.1, -0.05) is 6.07 Å². The van der Waals surface area contributed by atoms with Gasteiger partial charge >= 0.3 is 10.0 Å². The summed E-state index contributed by atoms with van der Waals surface area (Å²) in [5, 5.41) is 7.71. The number of nitrogens with one attached hydrogen (secondary N) is 3. The third-order valence-corrected chi connectivity index (χ3v) is 5.13. The number of hydrogen-bond donors (Lipinski definition) is 3. The molecule has 0 fully saturated rings. The SMILES string of the molecule is C#CS(=O)(=O)Nc1cccc(Nc2ccc(F)cc2)c1-c1cc(NC)c(=O)n(C)c1. The van der Waals surface area contributed by atoms with Gasteiger partial charge in [0.1, 0.15) is 11.5 Å². The molecule has 0 spiro atoms. The summed E-state index contributed by atoms with van der Waals surface area (Å²) in [5.41, 5.74) is 2.45. The van der Waals surface area contributed by atoms with Crippen LogP contribution in [0.25, 0.3) is 11.1 Å². The summed E-state index contributed by atoms with van der Waals surface area (Å²) >= 11 is 0. The minimum Gasteiger partial charge on any atom is -0.384 e. The van der Waals surface area contributed by atoms with Crippen LogP contribution >= 0.6 is 0 Å². The molecular formula is C21H19FN4O3S. The van der Waals surface area contributed by atoms with Crippen LogP contribution in [0, 0.1) is 17.5 Å². The Morgan fingerprint density at radius 3 is 2.37 bits per heavy atom. The van der Waals surface area contributed by atoms with E-state index in [1.165, 1.54) is 16.7 Å². The summed E-state index contributed by atoms with van der Waals surface area (Å²) in [5.74, 6) is -0.381. The van der Waals surface area contributed by atoms with Crippen molar-refractivity contribution >= 4 is 32.8 Å². The van der Waals surface area contributed by atoms with E-state index >= 15 is 0 Å². The fraction of sp³-hybridized carbons (Fsp3) is 0.0952. The molecule has 2 aromatic carbocycles. The number of aromatic nitrogens is 1. The topological polar surface area (TPSA) is 92.2 Å². The van der Waals surface area contributed by atoms with E-state index in [0.717, 1.165) is 0 Å². The highest BCUT2D eigenvalue weighted by molar-refractivity contribution is 7.97. The molecule has 7 nitrogen and oxygen atoms in total. The molecule has 1 heterocycles. The molecule has 3 N–H and O–H groups in total. The largest absolute Gasteiger partial charge is 0.384 e. The second kappa shape index (κ2) is 8.31. The number of pyridine rings is 1. The van der Waals surface area contributed by atoms with Crippen LogP contribution in [0.3, 0.4) is 0 Å². The molecule has 0 unspecified atom stereocenters. The van der Waals surface area contributed by atoms with E-state index < -0.39 is 10.0 Å². The fourth-order valence-corrected chi connectivity index (χ4v) is 3.46. The van der Waals surface area contributed by atoms with Crippen LogP contribution in [0.2, 0.25) is 0 Å². The van der Waals surface area contributed by atoms with Gasteiger partial charge in [0.05, 0.1) is 5.69 Å². The first-order valence-electron chi connectivity index (χ1n) is 8.78. The Morgan fingerprint density at radius 2 is 1.73 bits per heavy atom. The second-order valence-corrected chi connectivity index (χ2v) is 7.84. The molecule has 0 saturated heterocycles. The summed E-state index contributed by atoms with van der Waals surface area (Å²) < 4.78 is 41.1. The van der Waals surface area contributed by atoms with E-state index in [9.17, 15) is 17.6 Å². The molecule has 0 radical (unpaired) electrons. The average Bonchev–Trinajstić information content (AvgIpc) is 2.72. The fourth-order valence-electron chi connectivity index (χ4n) is 2.94. The van der Waals surface area contributed by atoms with Gasteiger partial charge < -0.3 is 15.2 Å². The Kier molecular flexibility index (Phi) is 5.80. The molecule has 0 atom stereocenters. The van der Waals surface area contributed by atoms with Gasteiger partial charge in [-0.3, -0.25) is 9.52 Å². The Balaban J connectivity index is 2.23. The Hall–Kier alpha value is -3.77. The highest BCUT2D eigenvalue weighted by Gasteiger charge is 2.17. The van der Waals surface area contributed by atoms with Gasteiger partial charge in [-0.25, -0.2) is 4.39 Å². The molecule has 0 amide bonds. The van der Waals surface area contributed by atoms with E-state index in [2.05, 4.69) is 15.4 Å². The van der Waals surface area contributed by atoms with Crippen molar-refractivity contribution < 1.29 is 12.8 Å². The normalized spacial score (nSPS) is 10.9. The highest BCUT2D eigenvalue weighted by Crippen LogP contribution is 2.37. The van der Waals surface area contributed by atoms with Crippen LogP contribution in [0.4, 0.5) is 27.1 Å². The molecule has 3 rings (SSSR count). The van der Waals surface area contributed by atoms with Gasteiger partial charge in [-0.05, 0) is 42.5 Å². The summed E-state index contributed by atoms with van der Waals surface area (Å²) in [6, 6.07) is 12.3. The smallest absolute Gasteiger partial charge is 0.301 e. The Bertz CT molecular complexity index is 1290. The first kappa shape index (κ1) is 21.0. The summed E-state index contributed by atoms with van der Waals surface area (Å²) in [6.07, 6.45) is 6.69. The number of benzene rings is 2. The first-order chi connectivity index (χ1) is 14.2. The molecule has 1 aromatic heterocycles. The van der Waals surface area contributed by atoms with Gasteiger partial charge in [0.25, 0.3) is 5.56 Å². The predicted octanol–water partition coefficient (Wildman–Crippen LogP) is 3.31. The van der Waals surface area contributed by atoms with Crippen molar-refractivity contribution in [3.63, 3.8) is 0 Å². The maximum Gasteiger partial charge on any atom is 0.301 e. The van der Waals surface area contributed by atoms with Gasteiger partial charge in [-0.2, -0.15) is 8.42 Å². The van der Waals surface area contributed by atoms with Crippen LogP contribution in [-0.2, 0) is 17.1 Å². The molecule has 0 aliphatic rings. The van der Waals surface area contributed by atoms with Gasteiger partial charge in [0.2, 0.25) is 0 Å². The quantitative estimate of drug-likeness (QED) is 0.526. The first-order valence-corrected chi connectivity index (χ1v) is 10.3. The van der Waals surface area contributed by atoms with Crippen molar-refractivity contribution in [3.8, 4) is 22.8 Å². The molecule has 154 valence electrons. The van der Waals surface area contributed by atoms with Crippen molar-refractivity contribution in [3.05, 3.63) is 70.9 Å². The zero-order valence-electron chi connectivity index (χ0n) is 16.2. The van der Waals surface area contributed by atoms with Gasteiger partial charge in [0.15, 0.2) is 0 Å². The van der Waals surface area contributed by atoms with Crippen LogP contribution in [-0.4, -0.2) is 20.0 Å². The predicted molar refractivity (Wildman–Crippen MR) is 118 cm³/mol. The van der Waals surface area contributed by atoms with E-state index in [1.54, 1.807) is 61.9 Å². The third-order valence-electron chi connectivity index (χ3n) is 4.33. The number of hydrogen-bond acceptors (Lipinski definition) is 5. The summed E-state index contributed by atoms with van der Waals surface area (Å²) in [7, 11) is -0.809. The van der Waals surface area contributed by atoms with Gasteiger partial charge in [0, 0.05) is 48.0 Å². The van der Waals surface area contributed by atoms with E-state index in [0.29, 0.717) is 28.2 Å². The van der Waals surface area contributed by atoms with Crippen molar-refractivity contribution in [1.29, 1.82) is 0 Å². The molecular weight excluding hydrogens is 407 g/mol. The molecule has 30 heavy (non-hydrogen) atoms. The average molecular weight is 426 g/mol. The standard InChI is InChI=1S/C21H19FN4O3S/c1-4-30(28,29)25-18-7-5-6-17(24-16-10-8-15(22)9-11-16)20(18)14-12-19(23-2)21(27)26(3)13-14/h1,5-13,23-25H,2-3H3. The number of rotatable bonds is 6. The molecule has 0 aliphatic carbocycles. The second-order valence-electron chi connectivity index (χ2n) is 6.39. The molecule has 0 saturated carbocycles. The zero-order chi connectivity index (χ0) is 21.9. The van der Waals surface area contributed by atoms with E-state index in [1.807, 2.05) is 0 Å². The maximum absolute atomic E-state index is 13.3. The number of anilines is 4. The number of terminal acetylenes is 1. The lowest BCUT2D eigenvalue weighted by atomic mass is 10.0. The van der Waals surface area contributed by atoms with Crippen LogP contribution in [0.15, 0.2) is 59.5 Å². The molecule has 0 bridgehead atoms. The Labute approximate surface area is 173 Å². The molecule has 0 aliphatic heterocycles. The van der Waals surface area contributed by atoms with E-state index in [4.69, 9.17) is 6.42 Å². The van der Waals surface area contributed by atoms with Crippen molar-refractivity contribution in [1.82, 2.24) is 4.57 Å². The van der Waals surface area contributed by atoms with Gasteiger partial charge in [-0.15, -0.1) is 6.42 Å². The lowest BCUT2D eigenvalue weighted by Crippen LogP contribution is -2.19. The van der Waals surface area contributed by atoms with Crippen molar-refractivity contribution in [2.24, 2.45) is 7.05 Å². The number of aryl methyl sites for hydroxylation is 1. The monoisotopic (exact) mass is 426 g/mol. The molecule has 3 aromatic rings. The zero-order valence-corrected chi connectivity index (χ0v) is 17.0. The number of nitrogens with zero attached hydrogens (tertiary/aromatic N) is 1. The van der Waals surface area contributed by atoms with Crippen LogP contribution in [0.1, 0.15) is 0 Å². The minimum atomic E-state index is -4.02. The molecule has 9 heteroatoms. The van der Waals surface area contributed by atoms with E-state index in [-0.39, 0.29) is 17.1 Å². The number of halogens is 1. The maximum atomic E-state index is 13.3. The Morgan fingerprint density at radius 1 is 1.07 bits per heavy atom. The summed E-state index contributed by atoms with van der Waals surface area (Å²) in [4.78, 5) is 12.3. The third kappa shape index (κ3) is 4.45. The lowest BCUT2D eigenvalue weighted by molar-refractivity contribution is 0.611. The number of sulfonamides is 1. The summed E-state index contributed by atoms with van der Waals surface area (Å²) in [6.45, 7) is 0. The highest BCUT2D eigenvalue weighted by atomic mass is 32.2. The minimum absolute atomic E-state index is 0.223. The van der Waals surface area contributed by atoms with Crippen LogP contribution < -0.4 is 20.9 Å². The lowest BCUT2D eigenvalue weighted by Gasteiger charge is -2.18. The van der Waals surface area contributed by atoms with Crippen molar-refractivity contribution in [2.45, 2.75) is 0 Å². The van der Waals surface area contributed by atoms with Crippen LogP contribution in [0.5, 0.6) is 0 Å².